The van der Waals surface area contributed by atoms with E-state index in [1.54, 1.807) is 30.3 Å². The summed E-state index contributed by atoms with van der Waals surface area (Å²) in [7, 11) is -1.63. The van der Waals surface area contributed by atoms with Gasteiger partial charge in [-0.2, -0.15) is 0 Å². The Morgan fingerprint density at radius 2 is 1.72 bits per heavy atom. The van der Waals surface area contributed by atoms with E-state index in [2.05, 4.69) is 15.1 Å². The number of rotatable bonds is 9. The molecule has 2 heterocycles. The highest BCUT2D eigenvalue weighted by molar-refractivity contribution is 6.58. The van der Waals surface area contributed by atoms with E-state index in [1.165, 1.54) is 12.1 Å². The molecule has 1 saturated heterocycles. The van der Waals surface area contributed by atoms with Crippen LogP contribution in [0.15, 0.2) is 54.6 Å². The van der Waals surface area contributed by atoms with E-state index < -0.39 is 24.8 Å². The molecule has 1 fully saturated rings. The normalized spacial score (nSPS) is 20.0. The first-order valence-electron chi connectivity index (χ1n) is 13.3. The summed E-state index contributed by atoms with van der Waals surface area (Å²) in [4.78, 5) is 4.18. The maximum atomic E-state index is 15.8. The van der Waals surface area contributed by atoms with Gasteiger partial charge in [-0.15, -0.1) is 0 Å². The zero-order valence-electron chi connectivity index (χ0n) is 21.8. The molecule has 0 bridgehead atoms. The molecular formula is C29H32BClF3N3O2. The lowest BCUT2D eigenvalue weighted by atomic mass is 9.75. The molecule has 5 nitrogen and oxygen atoms in total. The Labute approximate surface area is 232 Å². The van der Waals surface area contributed by atoms with Gasteiger partial charge in [0.15, 0.2) is 0 Å². The van der Waals surface area contributed by atoms with Crippen LogP contribution in [0.5, 0.6) is 0 Å². The van der Waals surface area contributed by atoms with Crippen LogP contribution < -0.4 is 10.8 Å². The number of hydrogen-bond acceptors (Lipinski definition) is 5. The van der Waals surface area contributed by atoms with E-state index in [4.69, 9.17) is 11.6 Å². The average molecular weight is 558 g/mol. The number of benzene rings is 3. The highest BCUT2D eigenvalue weighted by atomic mass is 35.5. The first-order chi connectivity index (χ1) is 18.7. The molecule has 3 N–H and O–H groups in total. The zero-order chi connectivity index (χ0) is 27.7. The number of nitrogens with zero attached hydrogens (tertiary/aromatic N) is 2. The van der Waals surface area contributed by atoms with Gasteiger partial charge in [0.2, 0.25) is 0 Å². The molecule has 10 heteroatoms. The van der Waals surface area contributed by atoms with E-state index in [1.807, 2.05) is 19.1 Å². The van der Waals surface area contributed by atoms with E-state index in [9.17, 15) is 14.4 Å². The first kappa shape index (κ1) is 28.0. The van der Waals surface area contributed by atoms with E-state index >= 15 is 8.78 Å². The van der Waals surface area contributed by atoms with Crippen molar-refractivity contribution in [2.45, 2.75) is 44.4 Å². The maximum absolute atomic E-state index is 15.8. The lowest BCUT2D eigenvalue weighted by Crippen LogP contribution is -2.54. The lowest BCUT2D eigenvalue weighted by Gasteiger charge is -2.43. The summed E-state index contributed by atoms with van der Waals surface area (Å²) in [6, 6.07) is 14.4. The maximum Gasteiger partial charge on any atom is 0.488 e. The van der Waals surface area contributed by atoms with Gasteiger partial charge in [-0.05, 0) is 66.2 Å². The number of anilines is 1. The summed E-state index contributed by atoms with van der Waals surface area (Å²) in [5.74, 6) is -1.30. The van der Waals surface area contributed by atoms with Crippen LogP contribution in [0.25, 0.3) is 0 Å². The molecule has 0 saturated carbocycles. The van der Waals surface area contributed by atoms with Crippen LogP contribution in [-0.4, -0.2) is 65.4 Å². The number of hydrogen-bond donors (Lipinski definition) is 3. The van der Waals surface area contributed by atoms with Crippen LogP contribution >= 0.6 is 11.6 Å². The quantitative estimate of drug-likeness (QED) is 0.343. The number of fused-ring (bicyclic) bond motifs is 1. The second-order valence-corrected chi connectivity index (χ2v) is 11.0. The first-order valence-corrected chi connectivity index (χ1v) is 13.6. The Morgan fingerprint density at radius 1 is 1.03 bits per heavy atom. The van der Waals surface area contributed by atoms with Gasteiger partial charge < -0.3 is 15.4 Å². The minimum atomic E-state index is -1.63. The van der Waals surface area contributed by atoms with Crippen LogP contribution in [0.2, 0.25) is 5.02 Å². The minimum Gasteiger partial charge on any atom is -0.423 e. The van der Waals surface area contributed by atoms with Crippen molar-refractivity contribution in [3.05, 3.63) is 93.5 Å². The van der Waals surface area contributed by atoms with Gasteiger partial charge in [0.1, 0.15) is 11.6 Å². The SMILES string of the molecule is C[C@@H]1Cc2cc(B(O)O)ccc2[C@@H](c2c(F)cc(NC3CN(CCCF)C3)cc2F)N1Cc1ccc(Cl)cc1. The molecule has 0 aromatic heterocycles. The van der Waals surface area contributed by atoms with Crippen LogP contribution in [0.1, 0.15) is 41.6 Å². The summed E-state index contributed by atoms with van der Waals surface area (Å²) < 4.78 is 44.1. The number of halogens is 4. The van der Waals surface area contributed by atoms with Gasteiger partial charge in [0, 0.05) is 48.5 Å². The standard InChI is InChI=1S/C29H32BClF3N3O2/c1-18-11-20-12-21(30(38)39)5-8-25(20)29(37(18)15-19-3-6-22(31)7-4-19)28-26(33)13-23(14-27(28)34)35-24-16-36(17-24)10-2-9-32/h3-8,12-14,18,24,29,35,38-39H,2,9-11,15-17H2,1H3/t18-,29+/m1/s1. The molecule has 3 aromatic carbocycles. The molecule has 0 unspecified atom stereocenters. The molecule has 206 valence electrons. The van der Waals surface area contributed by atoms with Crippen molar-refractivity contribution in [1.82, 2.24) is 9.80 Å². The van der Waals surface area contributed by atoms with Gasteiger partial charge in [0.25, 0.3) is 0 Å². The highest BCUT2D eigenvalue weighted by Gasteiger charge is 2.37. The van der Waals surface area contributed by atoms with Gasteiger partial charge in [0.05, 0.1) is 18.8 Å². The lowest BCUT2D eigenvalue weighted by molar-refractivity contribution is 0.136. The molecule has 2 atom stereocenters. The monoisotopic (exact) mass is 557 g/mol. The van der Waals surface area contributed by atoms with Crippen LogP contribution in [0, 0.1) is 11.6 Å². The molecule has 5 rings (SSSR count). The Kier molecular flexibility index (Phi) is 8.54. The van der Waals surface area contributed by atoms with Crippen molar-refractivity contribution in [2.24, 2.45) is 0 Å². The largest absolute Gasteiger partial charge is 0.488 e. The molecule has 2 aliphatic heterocycles. The third kappa shape index (κ3) is 6.13. The van der Waals surface area contributed by atoms with Crippen molar-refractivity contribution in [3.63, 3.8) is 0 Å². The molecular weight excluding hydrogens is 526 g/mol. The Hall–Kier alpha value is -2.56. The van der Waals surface area contributed by atoms with Crippen LogP contribution in [0.4, 0.5) is 18.9 Å². The molecule has 0 aliphatic carbocycles. The molecule has 3 aromatic rings. The molecule has 0 spiro atoms. The Bertz CT molecular complexity index is 1280. The Balaban J connectivity index is 1.48. The molecule has 2 aliphatic rings. The van der Waals surface area contributed by atoms with E-state index in [0.29, 0.717) is 55.2 Å². The number of alkyl halides is 1. The van der Waals surface area contributed by atoms with Crippen molar-refractivity contribution in [1.29, 1.82) is 0 Å². The number of likely N-dealkylation sites (tertiary alicyclic amines) is 1. The van der Waals surface area contributed by atoms with Gasteiger partial charge in [-0.3, -0.25) is 14.2 Å². The van der Waals surface area contributed by atoms with Crippen molar-refractivity contribution in [2.75, 3.05) is 31.6 Å². The fourth-order valence-electron chi connectivity index (χ4n) is 5.76. The number of nitrogens with one attached hydrogen (secondary N) is 1. The molecule has 39 heavy (non-hydrogen) atoms. The summed E-state index contributed by atoms with van der Waals surface area (Å²) in [6.07, 6.45) is 1.07. The van der Waals surface area contributed by atoms with Crippen molar-refractivity contribution < 1.29 is 23.2 Å². The van der Waals surface area contributed by atoms with E-state index in [0.717, 1.165) is 16.7 Å². The average Bonchev–Trinajstić information content (AvgIpc) is 2.87. The summed E-state index contributed by atoms with van der Waals surface area (Å²) in [5, 5.41) is 23.2. The summed E-state index contributed by atoms with van der Waals surface area (Å²) in [5.41, 5.74) is 3.19. The van der Waals surface area contributed by atoms with Crippen molar-refractivity contribution >= 4 is 29.9 Å². The second-order valence-electron chi connectivity index (χ2n) is 10.6. The molecule has 0 radical (unpaired) electrons. The van der Waals surface area contributed by atoms with Crippen molar-refractivity contribution in [3.8, 4) is 0 Å². The smallest absolute Gasteiger partial charge is 0.423 e. The van der Waals surface area contributed by atoms with Gasteiger partial charge >= 0.3 is 7.12 Å². The van der Waals surface area contributed by atoms with Gasteiger partial charge in [-0.25, -0.2) is 8.78 Å². The predicted octanol–water partition coefficient (Wildman–Crippen LogP) is 4.29. The summed E-state index contributed by atoms with van der Waals surface area (Å²) in [6.45, 7) is 4.17. The third-order valence-corrected chi connectivity index (χ3v) is 7.99. The molecule has 0 amide bonds. The fraction of sp³-hybridized carbons (Fsp3) is 0.379. The third-order valence-electron chi connectivity index (χ3n) is 7.74. The second kappa shape index (κ2) is 11.9. The summed E-state index contributed by atoms with van der Waals surface area (Å²) >= 11 is 6.07. The minimum absolute atomic E-state index is 0.0437. The highest BCUT2D eigenvalue weighted by Crippen LogP contribution is 2.41. The fourth-order valence-corrected chi connectivity index (χ4v) is 5.89. The van der Waals surface area contributed by atoms with E-state index in [-0.39, 0.29) is 24.3 Å². The van der Waals surface area contributed by atoms with Crippen LogP contribution in [-0.2, 0) is 13.0 Å². The van der Waals surface area contributed by atoms with Gasteiger partial charge in [-0.1, -0.05) is 41.9 Å². The Morgan fingerprint density at radius 3 is 2.36 bits per heavy atom. The zero-order valence-corrected chi connectivity index (χ0v) is 22.5. The predicted molar refractivity (Wildman–Crippen MR) is 149 cm³/mol. The topological polar surface area (TPSA) is 59.0 Å². The van der Waals surface area contributed by atoms with Crippen LogP contribution in [0.3, 0.4) is 0 Å².